The van der Waals surface area contributed by atoms with Gasteiger partial charge in [0, 0.05) is 18.9 Å². The van der Waals surface area contributed by atoms with Crippen LogP contribution in [0.4, 0.5) is 0 Å². The molecule has 0 aromatic carbocycles. The van der Waals surface area contributed by atoms with E-state index in [1.165, 1.54) is 7.11 Å². The van der Waals surface area contributed by atoms with E-state index in [4.69, 9.17) is 14.2 Å². The molecule has 3 unspecified atom stereocenters. The van der Waals surface area contributed by atoms with Gasteiger partial charge in [-0.1, -0.05) is 6.92 Å². The van der Waals surface area contributed by atoms with Crippen molar-refractivity contribution in [2.75, 3.05) is 33.5 Å². The third-order valence-corrected chi connectivity index (χ3v) is 3.54. The summed E-state index contributed by atoms with van der Waals surface area (Å²) in [5, 5.41) is 3.19. The molecule has 0 saturated carbocycles. The molecule has 0 spiro atoms. The van der Waals surface area contributed by atoms with E-state index in [-0.39, 0.29) is 12.1 Å². The van der Waals surface area contributed by atoms with Crippen LogP contribution in [0, 0.1) is 5.92 Å². The van der Waals surface area contributed by atoms with Crippen molar-refractivity contribution in [3.8, 4) is 0 Å². The Balaban J connectivity index is 2.41. The molecule has 5 heteroatoms. The second kappa shape index (κ2) is 7.82. The molecule has 1 rings (SSSR count). The van der Waals surface area contributed by atoms with Crippen molar-refractivity contribution in [2.24, 2.45) is 5.92 Å². The molecule has 0 aromatic rings. The molecule has 0 amide bonds. The van der Waals surface area contributed by atoms with E-state index in [1.807, 2.05) is 20.8 Å². The van der Waals surface area contributed by atoms with Gasteiger partial charge in [0.05, 0.1) is 26.4 Å². The number of hydrogen-bond acceptors (Lipinski definition) is 5. The molecule has 1 N–H and O–H groups in total. The summed E-state index contributed by atoms with van der Waals surface area (Å²) in [6, 6.07) is 0. The fourth-order valence-corrected chi connectivity index (χ4v) is 2.49. The number of carbonyl (C=O) groups is 1. The fraction of sp³-hybridized carbons (Fsp3) is 0.929. The number of carbonyl (C=O) groups excluding carboxylic acids is 1. The lowest BCUT2D eigenvalue weighted by Crippen LogP contribution is -2.52. The first-order valence-corrected chi connectivity index (χ1v) is 7.04. The molecule has 1 saturated heterocycles. The zero-order valence-corrected chi connectivity index (χ0v) is 12.5. The molecule has 1 aliphatic heterocycles. The van der Waals surface area contributed by atoms with Gasteiger partial charge in [-0.2, -0.15) is 0 Å². The highest BCUT2D eigenvalue weighted by atomic mass is 16.5. The first-order valence-electron chi connectivity index (χ1n) is 7.04. The van der Waals surface area contributed by atoms with Crippen LogP contribution in [0.2, 0.25) is 0 Å². The van der Waals surface area contributed by atoms with Crippen molar-refractivity contribution >= 4 is 5.97 Å². The summed E-state index contributed by atoms with van der Waals surface area (Å²) in [4.78, 5) is 11.9. The summed E-state index contributed by atoms with van der Waals surface area (Å²) in [5.41, 5.74) is -0.685. The zero-order chi connectivity index (χ0) is 14.3. The Morgan fingerprint density at radius 1 is 1.58 bits per heavy atom. The van der Waals surface area contributed by atoms with E-state index in [1.54, 1.807) is 0 Å². The van der Waals surface area contributed by atoms with Gasteiger partial charge >= 0.3 is 5.97 Å². The van der Waals surface area contributed by atoms with E-state index >= 15 is 0 Å². The van der Waals surface area contributed by atoms with Gasteiger partial charge in [-0.15, -0.1) is 0 Å². The van der Waals surface area contributed by atoms with Crippen molar-refractivity contribution in [1.29, 1.82) is 0 Å². The zero-order valence-electron chi connectivity index (χ0n) is 12.5. The van der Waals surface area contributed by atoms with Crippen LogP contribution in [-0.2, 0) is 19.0 Å². The van der Waals surface area contributed by atoms with Crippen molar-refractivity contribution < 1.29 is 19.0 Å². The predicted molar refractivity (Wildman–Crippen MR) is 73.1 cm³/mol. The van der Waals surface area contributed by atoms with E-state index in [2.05, 4.69) is 5.32 Å². The van der Waals surface area contributed by atoms with E-state index < -0.39 is 5.54 Å². The molecular formula is C14H27NO4. The fourth-order valence-electron chi connectivity index (χ4n) is 2.49. The third-order valence-electron chi connectivity index (χ3n) is 3.54. The number of ether oxygens (including phenoxy) is 3. The normalized spacial score (nSPS) is 23.9. The van der Waals surface area contributed by atoms with Gasteiger partial charge in [-0.25, -0.2) is 0 Å². The number of rotatable bonds is 8. The SMILES string of the molecule is CCNC(C)(CC(C)OCC1CCOC1)C(=O)OC. The topological polar surface area (TPSA) is 56.8 Å². The number of nitrogens with one attached hydrogen (secondary N) is 1. The Hall–Kier alpha value is -0.650. The summed E-state index contributed by atoms with van der Waals surface area (Å²) >= 11 is 0. The number of hydrogen-bond donors (Lipinski definition) is 1. The molecular weight excluding hydrogens is 246 g/mol. The quantitative estimate of drug-likeness (QED) is 0.677. The van der Waals surface area contributed by atoms with Gasteiger partial charge in [0.2, 0.25) is 0 Å². The smallest absolute Gasteiger partial charge is 0.325 e. The maximum Gasteiger partial charge on any atom is 0.325 e. The minimum atomic E-state index is -0.685. The first-order chi connectivity index (χ1) is 9.01. The lowest BCUT2D eigenvalue weighted by atomic mass is 9.94. The molecule has 1 heterocycles. The van der Waals surface area contributed by atoms with Gasteiger partial charge in [-0.3, -0.25) is 4.79 Å². The third kappa shape index (κ3) is 5.09. The predicted octanol–water partition coefficient (Wildman–Crippen LogP) is 1.36. The van der Waals surface area contributed by atoms with Crippen LogP contribution in [0.3, 0.4) is 0 Å². The Bertz CT molecular complexity index is 279. The van der Waals surface area contributed by atoms with Crippen molar-refractivity contribution in [3.05, 3.63) is 0 Å². The summed E-state index contributed by atoms with van der Waals surface area (Å²) in [5.74, 6) is 0.250. The Labute approximate surface area is 116 Å². The van der Waals surface area contributed by atoms with E-state index in [0.29, 0.717) is 18.9 Å². The average Bonchev–Trinajstić information content (AvgIpc) is 2.88. The lowest BCUT2D eigenvalue weighted by molar-refractivity contribution is -0.149. The molecule has 112 valence electrons. The second-order valence-corrected chi connectivity index (χ2v) is 5.43. The van der Waals surface area contributed by atoms with Crippen LogP contribution >= 0.6 is 0 Å². The summed E-state index contributed by atoms with van der Waals surface area (Å²) < 4.78 is 16.0. The number of likely N-dealkylation sites (N-methyl/N-ethyl adjacent to an activating group) is 1. The van der Waals surface area contributed by atoms with Gasteiger partial charge in [0.1, 0.15) is 5.54 Å². The minimum Gasteiger partial charge on any atom is -0.468 e. The standard InChI is InChI=1S/C14H27NO4/c1-5-15-14(3,13(16)17-4)8-11(2)19-10-12-6-7-18-9-12/h11-12,15H,5-10H2,1-4H3. The minimum absolute atomic E-state index is 0.00347. The monoisotopic (exact) mass is 273 g/mol. The van der Waals surface area contributed by atoms with Crippen LogP contribution in [-0.4, -0.2) is 51.1 Å². The second-order valence-electron chi connectivity index (χ2n) is 5.43. The molecule has 3 atom stereocenters. The summed E-state index contributed by atoms with van der Waals surface area (Å²) in [6.45, 7) is 8.87. The maximum atomic E-state index is 11.9. The molecule has 19 heavy (non-hydrogen) atoms. The largest absolute Gasteiger partial charge is 0.468 e. The summed E-state index contributed by atoms with van der Waals surface area (Å²) in [6.07, 6.45) is 1.67. The number of esters is 1. The van der Waals surface area contributed by atoms with Crippen molar-refractivity contribution in [3.63, 3.8) is 0 Å². The highest BCUT2D eigenvalue weighted by molar-refractivity contribution is 5.80. The molecule has 1 aliphatic rings. The Morgan fingerprint density at radius 3 is 2.84 bits per heavy atom. The van der Waals surface area contributed by atoms with Gasteiger partial charge in [0.25, 0.3) is 0 Å². The molecule has 0 radical (unpaired) electrons. The average molecular weight is 273 g/mol. The van der Waals surface area contributed by atoms with Gasteiger partial charge in [0.15, 0.2) is 0 Å². The van der Waals surface area contributed by atoms with E-state index in [9.17, 15) is 4.79 Å². The highest BCUT2D eigenvalue weighted by Crippen LogP contribution is 2.19. The van der Waals surface area contributed by atoms with Crippen LogP contribution in [0.5, 0.6) is 0 Å². The number of methoxy groups -OCH3 is 1. The lowest BCUT2D eigenvalue weighted by Gasteiger charge is -2.30. The molecule has 1 fully saturated rings. The van der Waals surface area contributed by atoms with Crippen molar-refractivity contribution in [2.45, 2.75) is 45.3 Å². The highest BCUT2D eigenvalue weighted by Gasteiger charge is 2.35. The van der Waals surface area contributed by atoms with Gasteiger partial charge < -0.3 is 19.5 Å². The van der Waals surface area contributed by atoms with Gasteiger partial charge in [-0.05, 0) is 26.8 Å². The van der Waals surface area contributed by atoms with Crippen molar-refractivity contribution in [1.82, 2.24) is 5.32 Å². The summed E-state index contributed by atoms with van der Waals surface area (Å²) in [7, 11) is 1.42. The van der Waals surface area contributed by atoms with Crippen LogP contribution in [0.1, 0.15) is 33.6 Å². The molecule has 0 aromatic heterocycles. The van der Waals surface area contributed by atoms with Crippen LogP contribution in [0.25, 0.3) is 0 Å². The molecule has 0 aliphatic carbocycles. The van der Waals surface area contributed by atoms with E-state index in [0.717, 1.165) is 26.2 Å². The first kappa shape index (κ1) is 16.4. The molecule has 0 bridgehead atoms. The Morgan fingerprint density at radius 2 is 2.32 bits per heavy atom. The maximum absolute atomic E-state index is 11.9. The Kier molecular flexibility index (Phi) is 6.75. The van der Waals surface area contributed by atoms with Crippen LogP contribution in [0.15, 0.2) is 0 Å². The van der Waals surface area contributed by atoms with Crippen LogP contribution < -0.4 is 5.32 Å². The molecule has 5 nitrogen and oxygen atoms in total.